The summed E-state index contributed by atoms with van der Waals surface area (Å²) in [7, 11) is 0. The standard InChI is InChI=1S/C9H15BrN2O2/c1-3-13-6(2)8(12-11)9-7(10)4-5-14-9/h4-6,8,12H,3,11H2,1-2H3. The minimum Gasteiger partial charge on any atom is -0.466 e. The summed E-state index contributed by atoms with van der Waals surface area (Å²) in [6.45, 7) is 4.54. The van der Waals surface area contributed by atoms with Gasteiger partial charge in [0.05, 0.1) is 16.8 Å². The lowest BCUT2D eigenvalue weighted by molar-refractivity contribution is 0.0411. The molecule has 0 saturated heterocycles. The van der Waals surface area contributed by atoms with Gasteiger partial charge in [0.1, 0.15) is 11.8 Å². The molecular formula is C9H15BrN2O2. The Bertz CT molecular complexity index is 278. The molecule has 0 amide bonds. The minimum atomic E-state index is -0.140. The summed E-state index contributed by atoms with van der Waals surface area (Å²) < 4.78 is 11.7. The van der Waals surface area contributed by atoms with Gasteiger partial charge in [0, 0.05) is 6.61 Å². The molecule has 0 aliphatic carbocycles. The van der Waals surface area contributed by atoms with Crippen LogP contribution in [0.5, 0.6) is 0 Å². The van der Waals surface area contributed by atoms with Gasteiger partial charge in [0.15, 0.2) is 0 Å². The Morgan fingerprint density at radius 3 is 2.86 bits per heavy atom. The van der Waals surface area contributed by atoms with Crippen LogP contribution in [0.15, 0.2) is 21.2 Å². The Labute approximate surface area is 91.9 Å². The number of furan rings is 1. The van der Waals surface area contributed by atoms with Gasteiger partial charge < -0.3 is 9.15 Å². The van der Waals surface area contributed by atoms with Crippen molar-refractivity contribution in [2.75, 3.05) is 6.61 Å². The zero-order valence-corrected chi connectivity index (χ0v) is 9.87. The first-order valence-corrected chi connectivity index (χ1v) is 5.30. The van der Waals surface area contributed by atoms with Crippen molar-refractivity contribution in [2.45, 2.75) is 26.0 Å². The molecule has 3 N–H and O–H groups in total. The number of nitrogens with one attached hydrogen (secondary N) is 1. The van der Waals surface area contributed by atoms with Crippen molar-refractivity contribution in [2.24, 2.45) is 5.84 Å². The Kier molecular flexibility index (Phi) is 4.60. The summed E-state index contributed by atoms with van der Waals surface area (Å²) in [6, 6.07) is 1.69. The zero-order valence-electron chi connectivity index (χ0n) is 8.29. The molecule has 0 aromatic carbocycles. The SMILES string of the molecule is CCOC(C)C(NN)c1occc1Br. The van der Waals surface area contributed by atoms with Gasteiger partial charge in [-0.15, -0.1) is 0 Å². The van der Waals surface area contributed by atoms with E-state index >= 15 is 0 Å². The molecule has 1 aromatic rings. The van der Waals surface area contributed by atoms with E-state index < -0.39 is 0 Å². The first kappa shape index (κ1) is 11.7. The topological polar surface area (TPSA) is 60.4 Å². The van der Waals surface area contributed by atoms with Crippen LogP contribution in [-0.2, 0) is 4.74 Å². The highest BCUT2D eigenvalue weighted by Crippen LogP contribution is 2.27. The van der Waals surface area contributed by atoms with Crippen molar-refractivity contribution in [3.8, 4) is 0 Å². The number of nitrogens with two attached hydrogens (primary N) is 1. The van der Waals surface area contributed by atoms with E-state index in [0.29, 0.717) is 6.61 Å². The highest BCUT2D eigenvalue weighted by molar-refractivity contribution is 9.10. The Morgan fingerprint density at radius 2 is 2.43 bits per heavy atom. The van der Waals surface area contributed by atoms with Crippen molar-refractivity contribution >= 4 is 15.9 Å². The minimum absolute atomic E-state index is 0.0348. The average Bonchev–Trinajstić information content (AvgIpc) is 2.54. The second-order valence-electron chi connectivity index (χ2n) is 2.94. The predicted molar refractivity (Wildman–Crippen MR) is 57.6 cm³/mol. The van der Waals surface area contributed by atoms with E-state index in [-0.39, 0.29) is 12.1 Å². The lowest BCUT2D eigenvalue weighted by Gasteiger charge is -2.21. The maximum Gasteiger partial charge on any atom is 0.138 e. The van der Waals surface area contributed by atoms with Crippen LogP contribution in [0, 0.1) is 0 Å². The lowest BCUT2D eigenvalue weighted by Crippen LogP contribution is -2.36. The van der Waals surface area contributed by atoms with Gasteiger partial charge >= 0.3 is 0 Å². The Balaban J connectivity index is 2.76. The molecule has 0 radical (unpaired) electrons. The Morgan fingerprint density at radius 1 is 1.71 bits per heavy atom. The van der Waals surface area contributed by atoms with Gasteiger partial charge in [-0.3, -0.25) is 5.84 Å². The number of halogens is 1. The monoisotopic (exact) mass is 262 g/mol. The summed E-state index contributed by atoms with van der Waals surface area (Å²) in [5, 5.41) is 0. The third kappa shape index (κ3) is 2.57. The molecule has 5 heteroatoms. The molecule has 2 unspecified atom stereocenters. The van der Waals surface area contributed by atoms with Gasteiger partial charge in [0.25, 0.3) is 0 Å². The van der Waals surface area contributed by atoms with E-state index in [1.807, 2.05) is 19.9 Å². The first-order chi connectivity index (χ1) is 6.70. The maximum atomic E-state index is 5.45. The normalized spacial score (nSPS) is 15.4. The summed E-state index contributed by atoms with van der Waals surface area (Å²) in [5.41, 5.74) is 2.68. The molecule has 2 atom stereocenters. The van der Waals surface area contributed by atoms with Crippen LogP contribution in [0.3, 0.4) is 0 Å². The second kappa shape index (κ2) is 5.50. The first-order valence-electron chi connectivity index (χ1n) is 4.51. The van der Waals surface area contributed by atoms with E-state index in [9.17, 15) is 0 Å². The highest BCUT2D eigenvalue weighted by atomic mass is 79.9. The Hall–Kier alpha value is -0.360. The third-order valence-electron chi connectivity index (χ3n) is 2.01. The van der Waals surface area contributed by atoms with Crippen LogP contribution in [0.25, 0.3) is 0 Å². The molecule has 1 heterocycles. The fraction of sp³-hybridized carbons (Fsp3) is 0.556. The van der Waals surface area contributed by atoms with E-state index in [1.54, 1.807) is 6.26 Å². The van der Waals surface area contributed by atoms with E-state index in [4.69, 9.17) is 15.0 Å². The maximum absolute atomic E-state index is 5.45. The van der Waals surface area contributed by atoms with Gasteiger partial charge in [-0.2, -0.15) is 0 Å². The zero-order chi connectivity index (χ0) is 10.6. The number of hydrogen-bond donors (Lipinski definition) is 2. The second-order valence-corrected chi connectivity index (χ2v) is 3.79. The fourth-order valence-electron chi connectivity index (χ4n) is 1.31. The van der Waals surface area contributed by atoms with Gasteiger partial charge in [-0.05, 0) is 35.8 Å². The average molecular weight is 263 g/mol. The number of hydrogen-bond acceptors (Lipinski definition) is 4. The molecule has 0 bridgehead atoms. The van der Waals surface area contributed by atoms with Crippen molar-refractivity contribution in [3.05, 3.63) is 22.6 Å². The molecule has 4 nitrogen and oxygen atoms in total. The molecule has 1 rings (SSSR count). The molecule has 0 saturated carbocycles. The quantitative estimate of drug-likeness (QED) is 0.629. The predicted octanol–water partition coefficient (Wildman–Crippen LogP) is 1.97. The van der Waals surface area contributed by atoms with Gasteiger partial charge in [-0.25, -0.2) is 5.43 Å². The largest absolute Gasteiger partial charge is 0.466 e. The number of rotatable bonds is 5. The number of ether oxygens (including phenoxy) is 1. The summed E-state index contributed by atoms with van der Waals surface area (Å²) in [4.78, 5) is 0. The van der Waals surface area contributed by atoms with E-state index in [2.05, 4.69) is 21.4 Å². The smallest absolute Gasteiger partial charge is 0.138 e. The van der Waals surface area contributed by atoms with Crippen molar-refractivity contribution < 1.29 is 9.15 Å². The molecule has 0 spiro atoms. The summed E-state index contributed by atoms with van der Waals surface area (Å²) in [6.07, 6.45) is 1.58. The molecule has 0 aliphatic rings. The molecule has 0 fully saturated rings. The lowest BCUT2D eigenvalue weighted by atomic mass is 10.1. The van der Waals surface area contributed by atoms with Crippen LogP contribution in [-0.4, -0.2) is 12.7 Å². The third-order valence-corrected chi connectivity index (χ3v) is 2.66. The van der Waals surface area contributed by atoms with E-state index in [1.165, 1.54) is 0 Å². The van der Waals surface area contributed by atoms with Crippen molar-refractivity contribution in [1.82, 2.24) is 5.43 Å². The van der Waals surface area contributed by atoms with Crippen LogP contribution < -0.4 is 11.3 Å². The molecule has 14 heavy (non-hydrogen) atoms. The van der Waals surface area contributed by atoms with E-state index in [0.717, 1.165) is 10.2 Å². The highest BCUT2D eigenvalue weighted by Gasteiger charge is 2.23. The molecule has 0 aliphatic heterocycles. The van der Waals surface area contributed by atoms with Crippen molar-refractivity contribution in [1.29, 1.82) is 0 Å². The van der Waals surface area contributed by atoms with Gasteiger partial charge in [-0.1, -0.05) is 0 Å². The van der Waals surface area contributed by atoms with Crippen molar-refractivity contribution in [3.63, 3.8) is 0 Å². The van der Waals surface area contributed by atoms with Crippen LogP contribution >= 0.6 is 15.9 Å². The van der Waals surface area contributed by atoms with Gasteiger partial charge in [0.2, 0.25) is 0 Å². The summed E-state index contributed by atoms with van der Waals surface area (Å²) >= 11 is 3.38. The molecule has 80 valence electrons. The van der Waals surface area contributed by atoms with Crippen LogP contribution in [0.4, 0.5) is 0 Å². The van der Waals surface area contributed by atoms with Crippen LogP contribution in [0.1, 0.15) is 25.6 Å². The van der Waals surface area contributed by atoms with Crippen LogP contribution in [0.2, 0.25) is 0 Å². The fourth-order valence-corrected chi connectivity index (χ4v) is 1.76. The molecular weight excluding hydrogens is 248 g/mol. The summed E-state index contributed by atoms with van der Waals surface area (Å²) in [5.74, 6) is 6.21. The molecule has 1 aromatic heterocycles. The number of hydrazine groups is 1.